The summed E-state index contributed by atoms with van der Waals surface area (Å²) in [6, 6.07) is 16.8. The molecule has 2 heteroatoms. The maximum Gasteiger partial charge on any atom is 0.0942 e. The van der Waals surface area contributed by atoms with Crippen LogP contribution in [0.15, 0.2) is 48.5 Å². The van der Waals surface area contributed by atoms with E-state index in [-0.39, 0.29) is 12.2 Å². The van der Waals surface area contributed by atoms with Crippen molar-refractivity contribution in [2.24, 2.45) is 0 Å². The molecule has 0 saturated heterocycles. The highest BCUT2D eigenvalue weighted by molar-refractivity contribution is 5.26. The first-order valence-electron chi connectivity index (χ1n) is 7.97. The minimum absolute atomic E-state index is 0.0421. The molecule has 22 heavy (non-hydrogen) atoms. The summed E-state index contributed by atoms with van der Waals surface area (Å²) < 4.78 is 0. The van der Waals surface area contributed by atoms with Crippen LogP contribution in [0.1, 0.15) is 36.1 Å². The minimum Gasteiger partial charge on any atom is -0.233 e. The first kappa shape index (κ1) is 16.7. The van der Waals surface area contributed by atoms with Crippen LogP contribution in [-0.2, 0) is 22.6 Å². The molecule has 0 aliphatic heterocycles. The fourth-order valence-corrected chi connectivity index (χ4v) is 2.56. The zero-order valence-electron chi connectivity index (χ0n) is 14.0. The molecule has 118 valence electrons. The van der Waals surface area contributed by atoms with Crippen LogP contribution >= 0.6 is 0 Å². The molecule has 0 heterocycles. The van der Waals surface area contributed by atoms with Crippen LogP contribution in [0.2, 0.25) is 0 Å². The Kier molecular flexibility index (Phi) is 6.17. The van der Waals surface area contributed by atoms with Crippen molar-refractivity contribution in [3.63, 3.8) is 0 Å². The quantitative estimate of drug-likeness (QED) is 0.539. The molecular weight excluding hydrogens is 272 g/mol. The molecule has 0 amide bonds. The fourth-order valence-electron chi connectivity index (χ4n) is 2.56. The van der Waals surface area contributed by atoms with E-state index in [1.165, 1.54) is 22.3 Å². The number of hydrogen-bond donors (Lipinski definition) is 0. The van der Waals surface area contributed by atoms with Gasteiger partial charge in [0.05, 0.1) is 12.2 Å². The lowest BCUT2D eigenvalue weighted by molar-refractivity contribution is -0.343. The number of benzene rings is 2. The summed E-state index contributed by atoms with van der Waals surface area (Å²) >= 11 is 0. The van der Waals surface area contributed by atoms with Gasteiger partial charge in [-0.05, 0) is 49.9 Å². The van der Waals surface area contributed by atoms with Gasteiger partial charge in [-0.25, -0.2) is 9.78 Å². The molecule has 2 atom stereocenters. The molecule has 0 bridgehead atoms. The van der Waals surface area contributed by atoms with Crippen molar-refractivity contribution in [3.05, 3.63) is 70.8 Å². The highest BCUT2D eigenvalue weighted by Crippen LogP contribution is 2.14. The maximum absolute atomic E-state index is 5.57. The third kappa shape index (κ3) is 4.97. The van der Waals surface area contributed by atoms with Gasteiger partial charge in [0.1, 0.15) is 0 Å². The first-order chi connectivity index (χ1) is 10.6. The van der Waals surface area contributed by atoms with Crippen LogP contribution in [0.4, 0.5) is 0 Å². The van der Waals surface area contributed by atoms with Crippen LogP contribution in [0.3, 0.4) is 0 Å². The molecule has 2 unspecified atom stereocenters. The summed E-state index contributed by atoms with van der Waals surface area (Å²) in [5.41, 5.74) is 5.21. The van der Waals surface area contributed by atoms with Crippen molar-refractivity contribution in [3.8, 4) is 0 Å². The first-order valence-corrected chi connectivity index (χ1v) is 7.97. The Labute approximate surface area is 134 Å². The van der Waals surface area contributed by atoms with Crippen molar-refractivity contribution >= 4 is 0 Å². The van der Waals surface area contributed by atoms with Gasteiger partial charge >= 0.3 is 0 Å². The second-order valence-electron chi connectivity index (χ2n) is 6.07. The van der Waals surface area contributed by atoms with Gasteiger partial charge in [0.25, 0.3) is 0 Å². The van der Waals surface area contributed by atoms with Gasteiger partial charge in [-0.3, -0.25) is 0 Å². The van der Waals surface area contributed by atoms with E-state index in [1.807, 2.05) is 13.8 Å². The van der Waals surface area contributed by atoms with E-state index >= 15 is 0 Å². The lowest BCUT2D eigenvalue weighted by atomic mass is 10.0. The average Bonchev–Trinajstić information content (AvgIpc) is 2.50. The summed E-state index contributed by atoms with van der Waals surface area (Å²) in [6.45, 7) is 8.35. The molecule has 2 nitrogen and oxygen atoms in total. The van der Waals surface area contributed by atoms with E-state index in [9.17, 15) is 0 Å². The van der Waals surface area contributed by atoms with Crippen LogP contribution in [0.25, 0.3) is 0 Å². The van der Waals surface area contributed by atoms with E-state index in [4.69, 9.17) is 9.78 Å². The monoisotopic (exact) mass is 298 g/mol. The molecule has 2 aromatic carbocycles. The number of aryl methyl sites for hydroxylation is 2. The van der Waals surface area contributed by atoms with Crippen molar-refractivity contribution in [1.82, 2.24) is 0 Å². The second kappa shape index (κ2) is 8.11. The Hall–Kier alpha value is -1.64. The third-order valence-corrected chi connectivity index (χ3v) is 3.92. The van der Waals surface area contributed by atoms with Crippen LogP contribution in [0.5, 0.6) is 0 Å². The molecule has 0 N–H and O–H groups in total. The van der Waals surface area contributed by atoms with Crippen molar-refractivity contribution in [2.45, 2.75) is 52.7 Å². The molecule has 0 saturated carbocycles. The van der Waals surface area contributed by atoms with Gasteiger partial charge in [0, 0.05) is 12.8 Å². The van der Waals surface area contributed by atoms with E-state index in [0.717, 1.165) is 12.8 Å². The standard InChI is InChI=1S/C20H26O2/c1-15-9-5-7-11-19(15)13-17(3)21-22-18(4)14-20-12-8-6-10-16(20)2/h5-12,17-18H,13-14H2,1-4H3. The molecule has 0 aliphatic carbocycles. The molecule has 2 rings (SSSR count). The average molecular weight is 298 g/mol. The lowest BCUT2D eigenvalue weighted by Gasteiger charge is -2.18. The second-order valence-corrected chi connectivity index (χ2v) is 6.07. The lowest BCUT2D eigenvalue weighted by Crippen LogP contribution is -2.19. The normalized spacial score (nSPS) is 13.8. The highest BCUT2D eigenvalue weighted by atomic mass is 17.2. The molecule has 0 fully saturated rings. The van der Waals surface area contributed by atoms with Gasteiger partial charge in [-0.15, -0.1) is 0 Å². The van der Waals surface area contributed by atoms with Gasteiger partial charge in [0.15, 0.2) is 0 Å². The smallest absolute Gasteiger partial charge is 0.0942 e. The molecule has 0 aromatic heterocycles. The summed E-state index contributed by atoms with van der Waals surface area (Å²) in [4.78, 5) is 11.1. The molecule has 0 radical (unpaired) electrons. The Morgan fingerprint density at radius 2 is 1.05 bits per heavy atom. The van der Waals surface area contributed by atoms with Crippen LogP contribution < -0.4 is 0 Å². The maximum atomic E-state index is 5.57. The highest BCUT2D eigenvalue weighted by Gasteiger charge is 2.11. The van der Waals surface area contributed by atoms with Crippen LogP contribution in [-0.4, -0.2) is 12.2 Å². The molecule has 0 aliphatic rings. The minimum atomic E-state index is 0.0421. The third-order valence-electron chi connectivity index (χ3n) is 3.92. The summed E-state index contributed by atoms with van der Waals surface area (Å²) in [7, 11) is 0. The van der Waals surface area contributed by atoms with Crippen molar-refractivity contribution in [1.29, 1.82) is 0 Å². The Morgan fingerprint density at radius 3 is 1.41 bits per heavy atom. The predicted octanol–water partition coefficient (Wildman–Crippen LogP) is 4.81. The molecule has 0 spiro atoms. The Morgan fingerprint density at radius 1 is 0.682 bits per heavy atom. The van der Waals surface area contributed by atoms with Gasteiger partial charge < -0.3 is 0 Å². The zero-order valence-corrected chi connectivity index (χ0v) is 14.0. The predicted molar refractivity (Wildman–Crippen MR) is 90.9 cm³/mol. The largest absolute Gasteiger partial charge is 0.233 e. The summed E-state index contributed by atoms with van der Waals surface area (Å²) in [5, 5.41) is 0. The van der Waals surface area contributed by atoms with E-state index in [2.05, 4.69) is 62.4 Å². The Balaban J connectivity index is 1.80. The SMILES string of the molecule is Cc1ccccc1CC(C)OOC(C)Cc1ccccc1C. The van der Waals surface area contributed by atoms with Gasteiger partial charge in [-0.1, -0.05) is 48.5 Å². The van der Waals surface area contributed by atoms with E-state index in [1.54, 1.807) is 0 Å². The van der Waals surface area contributed by atoms with Crippen LogP contribution in [0, 0.1) is 13.8 Å². The summed E-state index contributed by atoms with van der Waals surface area (Å²) in [6.07, 6.45) is 1.81. The van der Waals surface area contributed by atoms with E-state index in [0.29, 0.717) is 0 Å². The zero-order chi connectivity index (χ0) is 15.9. The van der Waals surface area contributed by atoms with E-state index < -0.39 is 0 Å². The fraction of sp³-hybridized carbons (Fsp3) is 0.400. The summed E-state index contributed by atoms with van der Waals surface area (Å²) in [5.74, 6) is 0. The number of hydrogen-bond acceptors (Lipinski definition) is 2. The van der Waals surface area contributed by atoms with Gasteiger partial charge in [-0.2, -0.15) is 0 Å². The Bertz CT molecular complexity index is 538. The topological polar surface area (TPSA) is 18.5 Å². The van der Waals surface area contributed by atoms with Gasteiger partial charge in [0.2, 0.25) is 0 Å². The number of rotatable bonds is 7. The van der Waals surface area contributed by atoms with Crippen molar-refractivity contribution < 1.29 is 9.78 Å². The molecule has 2 aromatic rings. The van der Waals surface area contributed by atoms with Crippen molar-refractivity contribution in [2.75, 3.05) is 0 Å². The molecular formula is C20H26O2.